The van der Waals surface area contributed by atoms with Gasteiger partial charge in [0.2, 0.25) is 5.91 Å². The van der Waals surface area contributed by atoms with Crippen molar-refractivity contribution in [3.8, 4) is 17.1 Å². The predicted molar refractivity (Wildman–Crippen MR) is 128 cm³/mol. The van der Waals surface area contributed by atoms with Gasteiger partial charge in [-0.1, -0.05) is 18.2 Å². The van der Waals surface area contributed by atoms with Gasteiger partial charge in [0.05, 0.1) is 29.5 Å². The summed E-state index contributed by atoms with van der Waals surface area (Å²) in [6.45, 7) is 1.97. The molecular formula is C25H22FN7O2. The normalized spacial score (nSPS) is 14.9. The summed E-state index contributed by atoms with van der Waals surface area (Å²) in [5, 5.41) is 8.62. The molecule has 6 rings (SSSR count). The molecule has 5 heterocycles. The molecule has 2 aromatic heterocycles. The van der Waals surface area contributed by atoms with E-state index in [1.54, 1.807) is 27.9 Å². The summed E-state index contributed by atoms with van der Waals surface area (Å²) in [4.78, 5) is 29.9. The second-order valence-electron chi connectivity index (χ2n) is 8.66. The number of anilines is 1. The molecule has 3 aromatic rings. The number of hydrogen-bond donors (Lipinski definition) is 0. The van der Waals surface area contributed by atoms with Crippen LogP contribution in [0, 0.1) is 5.82 Å². The van der Waals surface area contributed by atoms with E-state index in [0.717, 1.165) is 21.4 Å². The molecule has 1 fully saturated rings. The zero-order valence-corrected chi connectivity index (χ0v) is 19.0. The van der Waals surface area contributed by atoms with Gasteiger partial charge in [0.25, 0.3) is 5.56 Å². The number of amides is 1. The maximum absolute atomic E-state index is 14.4. The van der Waals surface area contributed by atoms with Crippen molar-refractivity contribution in [1.82, 2.24) is 28.9 Å². The molecule has 176 valence electrons. The maximum Gasteiger partial charge on any atom is 0.282 e. The number of nitrogens with zero attached hydrogens (tertiary/aromatic N) is 7. The number of aryl methyl sites for hydroxylation is 1. The number of benzene rings is 1. The first kappa shape index (κ1) is 21.2. The van der Waals surface area contributed by atoms with Crippen LogP contribution in [0.3, 0.4) is 0 Å². The molecule has 1 amide bonds. The Balaban J connectivity index is 1.37. The largest absolute Gasteiger partial charge is 0.307 e. The number of halogens is 1. The molecule has 0 aliphatic carbocycles. The summed E-state index contributed by atoms with van der Waals surface area (Å²) in [5.74, 6) is -0.0637. The molecular weight excluding hydrogens is 449 g/mol. The number of carbonyl (C=O) groups excluding carboxylic acids is 1. The third-order valence-corrected chi connectivity index (χ3v) is 6.37. The average Bonchev–Trinajstić information content (AvgIpc) is 3.43. The summed E-state index contributed by atoms with van der Waals surface area (Å²) < 4.78 is 19.1. The fourth-order valence-electron chi connectivity index (χ4n) is 4.68. The monoisotopic (exact) mass is 471 g/mol. The third kappa shape index (κ3) is 3.58. The molecule has 0 N–H and O–H groups in total. The Labute approximate surface area is 199 Å². The number of hydrogen-bond acceptors (Lipinski definition) is 5. The summed E-state index contributed by atoms with van der Waals surface area (Å²) in [5.41, 5.74) is 2.67. The van der Waals surface area contributed by atoms with Crippen LogP contribution in [0.1, 0.15) is 5.56 Å². The number of fused-ring (bicyclic) bond motifs is 3. The minimum absolute atomic E-state index is 0.000766. The number of aromatic nitrogens is 5. The Morgan fingerprint density at radius 1 is 1.06 bits per heavy atom. The van der Waals surface area contributed by atoms with Crippen LogP contribution in [0.15, 0.2) is 71.9 Å². The summed E-state index contributed by atoms with van der Waals surface area (Å²) in [6, 6.07) is 13.6. The van der Waals surface area contributed by atoms with Crippen molar-refractivity contribution in [2.45, 2.75) is 6.54 Å². The zero-order chi connectivity index (χ0) is 24.1. The van der Waals surface area contributed by atoms with E-state index >= 15 is 0 Å². The van der Waals surface area contributed by atoms with E-state index in [2.05, 4.69) is 15.1 Å². The first-order chi connectivity index (χ1) is 17.0. The lowest BCUT2D eigenvalue weighted by Gasteiger charge is -2.33. The quantitative estimate of drug-likeness (QED) is 0.402. The lowest BCUT2D eigenvalue weighted by atomic mass is 10.1. The summed E-state index contributed by atoms with van der Waals surface area (Å²) >= 11 is 0. The van der Waals surface area contributed by atoms with Gasteiger partial charge in [0.1, 0.15) is 11.5 Å². The Hall–Kier alpha value is -4.31. The highest BCUT2D eigenvalue weighted by atomic mass is 19.1. The molecule has 1 aromatic carbocycles. The molecule has 35 heavy (non-hydrogen) atoms. The molecule has 3 aliphatic heterocycles. The van der Waals surface area contributed by atoms with Crippen molar-refractivity contribution >= 4 is 17.1 Å². The number of piperazine rings is 1. The van der Waals surface area contributed by atoms with E-state index in [1.165, 1.54) is 12.1 Å². The van der Waals surface area contributed by atoms with Crippen LogP contribution in [0.2, 0.25) is 0 Å². The summed E-state index contributed by atoms with van der Waals surface area (Å²) in [6.07, 6.45) is 5.36. The van der Waals surface area contributed by atoms with Crippen LogP contribution in [0.25, 0.3) is 22.6 Å². The number of rotatable bonds is 4. The minimum Gasteiger partial charge on any atom is -0.307 e. The van der Waals surface area contributed by atoms with E-state index in [4.69, 9.17) is 0 Å². The molecule has 3 aliphatic rings. The SMILES string of the molecule is Cn1cc(N2CCN(Cc3cc4c(=O)n(-c5ccccc5F)nc-4n4ccccc34)CC2=O)cn1. The first-order valence-corrected chi connectivity index (χ1v) is 11.3. The third-order valence-electron chi connectivity index (χ3n) is 6.37. The molecule has 0 radical (unpaired) electrons. The lowest BCUT2D eigenvalue weighted by molar-refractivity contribution is -0.121. The highest BCUT2D eigenvalue weighted by Crippen LogP contribution is 2.26. The lowest BCUT2D eigenvalue weighted by Crippen LogP contribution is -2.50. The van der Waals surface area contributed by atoms with E-state index in [0.29, 0.717) is 31.0 Å². The van der Waals surface area contributed by atoms with Crippen LogP contribution < -0.4 is 10.5 Å². The molecule has 0 atom stereocenters. The van der Waals surface area contributed by atoms with E-state index in [-0.39, 0.29) is 23.7 Å². The molecule has 10 heteroatoms. The standard InChI is InChI=1S/C25H22FN7O2/c1-29-15-18(13-27-29)31-11-10-30(16-23(31)34)14-17-12-19-24(32-9-5-4-7-21(17)32)28-33(25(19)35)22-8-3-2-6-20(22)26/h2-9,12-13,15H,10-11,14,16H2,1H3. The van der Waals surface area contributed by atoms with Crippen LogP contribution in [0.4, 0.5) is 10.1 Å². The molecule has 0 bridgehead atoms. The molecule has 0 spiro atoms. The molecule has 0 unspecified atom stereocenters. The van der Waals surface area contributed by atoms with Crippen LogP contribution >= 0.6 is 0 Å². The van der Waals surface area contributed by atoms with Gasteiger partial charge in [-0.15, -0.1) is 5.10 Å². The number of carbonyl (C=O) groups is 1. The van der Waals surface area contributed by atoms with E-state index < -0.39 is 5.82 Å². The van der Waals surface area contributed by atoms with Crippen molar-refractivity contribution in [2.24, 2.45) is 7.05 Å². The predicted octanol–water partition coefficient (Wildman–Crippen LogP) is 2.31. The highest BCUT2D eigenvalue weighted by molar-refractivity contribution is 5.95. The van der Waals surface area contributed by atoms with Gasteiger partial charge in [-0.2, -0.15) is 9.78 Å². The van der Waals surface area contributed by atoms with Crippen LogP contribution in [-0.4, -0.2) is 54.4 Å². The number of pyridine rings is 2. The average molecular weight is 471 g/mol. The fourth-order valence-corrected chi connectivity index (χ4v) is 4.68. The Morgan fingerprint density at radius 2 is 1.89 bits per heavy atom. The minimum atomic E-state index is -0.517. The van der Waals surface area contributed by atoms with Crippen molar-refractivity contribution < 1.29 is 9.18 Å². The van der Waals surface area contributed by atoms with Crippen molar-refractivity contribution in [2.75, 3.05) is 24.5 Å². The van der Waals surface area contributed by atoms with Crippen molar-refractivity contribution in [1.29, 1.82) is 0 Å². The second kappa shape index (κ2) is 8.17. The van der Waals surface area contributed by atoms with Crippen molar-refractivity contribution in [3.05, 3.63) is 88.9 Å². The zero-order valence-electron chi connectivity index (χ0n) is 19.0. The Kier molecular flexibility index (Phi) is 4.96. The van der Waals surface area contributed by atoms with Gasteiger partial charge >= 0.3 is 0 Å². The Morgan fingerprint density at radius 3 is 2.66 bits per heavy atom. The van der Waals surface area contributed by atoms with Gasteiger partial charge in [0.15, 0.2) is 5.82 Å². The smallest absolute Gasteiger partial charge is 0.282 e. The summed E-state index contributed by atoms with van der Waals surface area (Å²) in [7, 11) is 1.82. The van der Waals surface area contributed by atoms with Gasteiger partial charge in [-0.25, -0.2) is 4.39 Å². The van der Waals surface area contributed by atoms with Gasteiger partial charge < -0.3 is 4.90 Å². The van der Waals surface area contributed by atoms with Gasteiger partial charge in [-0.3, -0.25) is 23.6 Å². The molecule has 0 saturated carbocycles. The number of para-hydroxylation sites is 1. The van der Waals surface area contributed by atoms with E-state index in [9.17, 15) is 14.0 Å². The molecule has 1 saturated heterocycles. The highest BCUT2D eigenvalue weighted by Gasteiger charge is 2.28. The van der Waals surface area contributed by atoms with Crippen LogP contribution in [-0.2, 0) is 18.4 Å². The van der Waals surface area contributed by atoms with Gasteiger partial charge in [-0.05, 0) is 35.9 Å². The topological polar surface area (TPSA) is 80.7 Å². The van der Waals surface area contributed by atoms with Gasteiger partial charge in [0, 0.05) is 39.1 Å². The molecule has 9 nitrogen and oxygen atoms in total. The fraction of sp³-hybridized carbons (Fsp3) is 0.200. The first-order valence-electron chi connectivity index (χ1n) is 11.3. The van der Waals surface area contributed by atoms with Crippen molar-refractivity contribution in [3.63, 3.8) is 0 Å². The second-order valence-corrected chi connectivity index (χ2v) is 8.66. The van der Waals surface area contributed by atoms with E-state index in [1.807, 2.05) is 48.1 Å². The van der Waals surface area contributed by atoms with Crippen LogP contribution in [0.5, 0.6) is 0 Å². The maximum atomic E-state index is 14.4. The Bertz CT molecular complexity index is 1600.